The highest BCUT2D eigenvalue weighted by Crippen LogP contribution is 2.29. The van der Waals surface area contributed by atoms with E-state index in [0.29, 0.717) is 30.3 Å². The fraction of sp³-hybridized carbons (Fsp3) is 0.0968. The first-order valence-electron chi connectivity index (χ1n) is 12.1. The van der Waals surface area contributed by atoms with Gasteiger partial charge in [-0.2, -0.15) is 0 Å². The summed E-state index contributed by atoms with van der Waals surface area (Å²) >= 11 is 1.27. The summed E-state index contributed by atoms with van der Waals surface area (Å²) in [5.41, 5.74) is 3.23. The molecule has 0 aliphatic carbocycles. The van der Waals surface area contributed by atoms with Crippen molar-refractivity contribution in [3.8, 4) is 17.2 Å². The van der Waals surface area contributed by atoms with Gasteiger partial charge >= 0.3 is 0 Å². The first-order valence-corrected chi connectivity index (χ1v) is 12.9. The van der Waals surface area contributed by atoms with E-state index < -0.39 is 0 Å². The van der Waals surface area contributed by atoms with Gasteiger partial charge in [-0.15, -0.1) is 0 Å². The molecule has 0 unspecified atom stereocenters. The Kier molecular flexibility index (Phi) is 8.06. The van der Waals surface area contributed by atoms with Crippen molar-refractivity contribution in [2.75, 3.05) is 7.11 Å². The second kappa shape index (κ2) is 12.2. The molecule has 0 saturated heterocycles. The average molecular weight is 523 g/mol. The molecule has 4 aromatic carbocycles. The molecule has 5 aromatic rings. The van der Waals surface area contributed by atoms with E-state index in [9.17, 15) is 4.79 Å². The van der Waals surface area contributed by atoms with E-state index in [1.165, 1.54) is 11.9 Å². The van der Waals surface area contributed by atoms with Gasteiger partial charge in [0.2, 0.25) is 0 Å². The molecule has 1 N–H and O–H groups in total. The molecular formula is C31H26N2O4S. The zero-order valence-corrected chi connectivity index (χ0v) is 21.6. The van der Waals surface area contributed by atoms with Crippen LogP contribution in [0, 0.1) is 0 Å². The van der Waals surface area contributed by atoms with E-state index in [2.05, 4.69) is 15.8 Å². The van der Waals surface area contributed by atoms with E-state index in [1.54, 1.807) is 25.3 Å². The van der Waals surface area contributed by atoms with Crippen LogP contribution in [-0.2, 0) is 13.2 Å². The Labute approximate surface area is 225 Å². The Morgan fingerprint density at radius 2 is 1.63 bits per heavy atom. The highest BCUT2D eigenvalue weighted by atomic mass is 32.2. The number of rotatable bonds is 10. The highest BCUT2D eigenvalue weighted by molar-refractivity contribution is 7.98. The van der Waals surface area contributed by atoms with Gasteiger partial charge in [-0.3, -0.25) is 9.52 Å². The van der Waals surface area contributed by atoms with Crippen molar-refractivity contribution >= 4 is 28.8 Å². The van der Waals surface area contributed by atoms with Crippen molar-refractivity contribution < 1.29 is 19.0 Å². The van der Waals surface area contributed by atoms with Gasteiger partial charge in [0.1, 0.15) is 19.0 Å². The number of para-hydroxylation sites is 1. The number of fused-ring (bicyclic) bond motifs is 1. The minimum atomic E-state index is -0.213. The Morgan fingerprint density at radius 1 is 0.789 bits per heavy atom. The predicted octanol–water partition coefficient (Wildman–Crippen LogP) is 6.84. The third kappa shape index (κ3) is 6.44. The number of methoxy groups -OCH3 is 1. The fourth-order valence-electron chi connectivity index (χ4n) is 3.81. The maximum Gasteiger partial charge on any atom is 0.261 e. The highest BCUT2D eigenvalue weighted by Gasteiger charge is 2.12. The molecule has 1 heterocycles. The molecule has 6 nitrogen and oxygen atoms in total. The van der Waals surface area contributed by atoms with Crippen LogP contribution in [-0.4, -0.2) is 18.0 Å². The van der Waals surface area contributed by atoms with Gasteiger partial charge < -0.3 is 14.2 Å². The first kappa shape index (κ1) is 25.2. The molecule has 0 bridgehead atoms. The van der Waals surface area contributed by atoms with Gasteiger partial charge in [0.05, 0.1) is 18.3 Å². The zero-order valence-electron chi connectivity index (χ0n) is 20.8. The van der Waals surface area contributed by atoms with Crippen LogP contribution in [0.5, 0.6) is 17.2 Å². The lowest BCUT2D eigenvalue weighted by Gasteiger charge is -2.13. The largest absolute Gasteiger partial charge is 0.493 e. The smallest absolute Gasteiger partial charge is 0.261 e. The van der Waals surface area contributed by atoms with Crippen molar-refractivity contribution in [2.45, 2.75) is 18.1 Å². The molecule has 0 radical (unpaired) electrons. The molecular weight excluding hydrogens is 496 g/mol. The number of nitrogens with zero attached hydrogens (tertiary/aromatic N) is 1. The van der Waals surface area contributed by atoms with Gasteiger partial charge in [-0.1, -0.05) is 54.6 Å². The van der Waals surface area contributed by atoms with Crippen LogP contribution >= 0.6 is 11.9 Å². The Balaban J connectivity index is 1.18. The van der Waals surface area contributed by atoms with Gasteiger partial charge in [0, 0.05) is 15.8 Å². The van der Waals surface area contributed by atoms with Crippen LogP contribution in [0.15, 0.2) is 114 Å². The average Bonchev–Trinajstić information content (AvgIpc) is 2.98. The number of hydrogen-bond acceptors (Lipinski definition) is 6. The molecule has 0 fully saturated rings. The van der Waals surface area contributed by atoms with Crippen LogP contribution in [0.1, 0.15) is 21.6 Å². The topological polar surface area (TPSA) is 69.7 Å². The van der Waals surface area contributed by atoms with Gasteiger partial charge in [0.15, 0.2) is 11.5 Å². The molecule has 0 spiro atoms. The van der Waals surface area contributed by atoms with E-state index in [1.807, 2.05) is 84.9 Å². The quantitative estimate of drug-likeness (QED) is 0.203. The second-order valence-corrected chi connectivity index (χ2v) is 9.31. The molecule has 1 amide bonds. The summed E-state index contributed by atoms with van der Waals surface area (Å²) in [6, 6.07) is 34.6. The number of carbonyl (C=O) groups excluding carboxylic acids is 1. The third-order valence-corrected chi connectivity index (χ3v) is 6.56. The molecule has 0 atom stereocenters. The van der Waals surface area contributed by atoms with E-state index >= 15 is 0 Å². The number of carbonyl (C=O) groups is 1. The van der Waals surface area contributed by atoms with Gasteiger partial charge in [-0.05, 0) is 72.1 Å². The van der Waals surface area contributed by atoms with E-state index in [4.69, 9.17) is 14.2 Å². The fourth-order valence-corrected chi connectivity index (χ4v) is 4.43. The SMILES string of the molecule is COc1cc(C(=O)NSc2ccccc2)ccc1OCc1cccc(OCc2ccc3ccccc3n2)c1. The lowest BCUT2D eigenvalue weighted by Crippen LogP contribution is -2.15. The number of pyridine rings is 1. The van der Waals surface area contributed by atoms with Crippen molar-refractivity contribution in [1.82, 2.24) is 9.71 Å². The summed E-state index contributed by atoms with van der Waals surface area (Å²) in [6.45, 7) is 0.687. The number of nitrogens with one attached hydrogen (secondary N) is 1. The summed E-state index contributed by atoms with van der Waals surface area (Å²) in [5.74, 6) is 1.55. The number of amides is 1. The number of hydrogen-bond donors (Lipinski definition) is 1. The summed E-state index contributed by atoms with van der Waals surface area (Å²) in [7, 11) is 1.55. The Morgan fingerprint density at radius 3 is 2.50 bits per heavy atom. The van der Waals surface area contributed by atoms with Crippen molar-refractivity contribution in [2.24, 2.45) is 0 Å². The van der Waals surface area contributed by atoms with Crippen molar-refractivity contribution in [1.29, 1.82) is 0 Å². The minimum absolute atomic E-state index is 0.213. The number of benzene rings is 4. The van der Waals surface area contributed by atoms with E-state index in [0.717, 1.165) is 32.8 Å². The molecule has 0 aliphatic rings. The summed E-state index contributed by atoms with van der Waals surface area (Å²) in [6.07, 6.45) is 0. The van der Waals surface area contributed by atoms with Crippen molar-refractivity contribution in [3.05, 3.63) is 126 Å². The lowest BCUT2D eigenvalue weighted by molar-refractivity contribution is 0.0984. The predicted molar refractivity (Wildman–Crippen MR) is 150 cm³/mol. The minimum Gasteiger partial charge on any atom is -0.493 e. The second-order valence-electron chi connectivity index (χ2n) is 8.43. The maximum atomic E-state index is 12.6. The monoisotopic (exact) mass is 522 g/mol. The number of ether oxygens (including phenoxy) is 3. The molecule has 38 heavy (non-hydrogen) atoms. The standard InChI is InChI=1S/C31H26N2O4S/c1-35-30-19-24(31(34)33-38-27-11-3-2-4-12-27)15-17-29(30)37-20-22-8-7-10-26(18-22)36-21-25-16-14-23-9-5-6-13-28(23)32-25/h2-19H,20-21H2,1H3,(H,33,34). The van der Waals surface area contributed by atoms with Crippen LogP contribution in [0.4, 0.5) is 0 Å². The summed E-state index contributed by atoms with van der Waals surface area (Å²) in [4.78, 5) is 18.2. The first-order chi connectivity index (χ1) is 18.7. The lowest BCUT2D eigenvalue weighted by atomic mass is 10.2. The van der Waals surface area contributed by atoms with Gasteiger partial charge in [0.25, 0.3) is 5.91 Å². The molecule has 0 aliphatic heterocycles. The normalized spacial score (nSPS) is 10.7. The van der Waals surface area contributed by atoms with Crippen LogP contribution in [0.25, 0.3) is 10.9 Å². The molecule has 190 valence electrons. The Hall–Kier alpha value is -4.49. The molecule has 1 aromatic heterocycles. The van der Waals surface area contributed by atoms with E-state index in [-0.39, 0.29) is 5.91 Å². The van der Waals surface area contributed by atoms with Crippen LogP contribution in [0.2, 0.25) is 0 Å². The Bertz CT molecular complexity index is 1540. The third-order valence-electron chi connectivity index (χ3n) is 5.77. The van der Waals surface area contributed by atoms with Crippen LogP contribution in [0.3, 0.4) is 0 Å². The van der Waals surface area contributed by atoms with Gasteiger partial charge in [-0.25, -0.2) is 4.98 Å². The summed E-state index contributed by atoms with van der Waals surface area (Å²) in [5, 5.41) is 1.10. The number of aromatic nitrogens is 1. The molecule has 7 heteroatoms. The van der Waals surface area contributed by atoms with Crippen molar-refractivity contribution in [3.63, 3.8) is 0 Å². The van der Waals surface area contributed by atoms with Crippen LogP contribution < -0.4 is 18.9 Å². The maximum absolute atomic E-state index is 12.6. The molecule has 0 saturated carbocycles. The zero-order chi connectivity index (χ0) is 26.2. The molecule has 5 rings (SSSR count). The summed E-state index contributed by atoms with van der Waals surface area (Å²) < 4.78 is 20.3.